The van der Waals surface area contributed by atoms with Crippen molar-refractivity contribution in [1.29, 1.82) is 0 Å². The lowest BCUT2D eigenvalue weighted by Crippen LogP contribution is -2.01. The van der Waals surface area contributed by atoms with E-state index in [1.54, 1.807) is 60.7 Å². The van der Waals surface area contributed by atoms with Gasteiger partial charge in [-0.1, -0.05) is 170 Å². The van der Waals surface area contributed by atoms with E-state index < -0.39 is 0 Å². The summed E-state index contributed by atoms with van der Waals surface area (Å²) >= 11 is 11.9. The summed E-state index contributed by atoms with van der Waals surface area (Å²) in [6, 6.07) is 69.4. The molecule has 19 aromatic rings. The van der Waals surface area contributed by atoms with Gasteiger partial charge in [-0.05, 0) is 297 Å². The van der Waals surface area contributed by atoms with Crippen LogP contribution in [0.2, 0.25) is 10.0 Å². The fourth-order valence-corrected chi connectivity index (χ4v) is 14.1. The topological polar surface area (TPSA) is 334 Å². The van der Waals surface area contributed by atoms with E-state index in [1.165, 1.54) is 24.0 Å². The molecule has 0 saturated carbocycles. The van der Waals surface area contributed by atoms with Crippen LogP contribution in [0.15, 0.2) is 224 Å². The maximum atomic E-state index is 10.5. The molecular weight excluding hydrogens is 1650 g/mol. The number of hydrogen-bond acceptors (Lipinski definition) is 20. The lowest BCUT2D eigenvalue weighted by Gasteiger charge is -2.12. The summed E-state index contributed by atoms with van der Waals surface area (Å²) < 4.78 is 0. The number of aromatic hydroxyl groups is 7. The van der Waals surface area contributed by atoms with Crippen molar-refractivity contribution in [3.8, 4) is 103 Å². The van der Waals surface area contributed by atoms with Gasteiger partial charge in [0.1, 0.15) is 124 Å². The Balaban J connectivity index is 0.000000190. The maximum Gasteiger partial charge on any atom is 0.167 e. The Labute approximate surface area is 756 Å². The number of benzene rings is 13. The predicted molar refractivity (Wildman–Crippen MR) is 519 cm³/mol. The second kappa shape index (κ2) is 41.7. The second-order valence-electron chi connectivity index (χ2n) is 30.1. The third kappa shape index (κ3) is 22.0. The van der Waals surface area contributed by atoms with Crippen LogP contribution in [0.25, 0.3) is 118 Å². The first kappa shape index (κ1) is 98.5. The van der Waals surface area contributed by atoms with Gasteiger partial charge in [0.15, 0.2) is 17.5 Å². The molecule has 0 amide bonds. The minimum Gasteiger partial charge on any atom is -0.507 e. The Bertz CT molecular complexity index is 6490. The summed E-state index contributed by atoms with van der Waals surface area (Å²) in [5.41, 5.74) is 26.1. The molecule has 13 aromatic carbocycles. The largest absolute Gasteiger partial charge is 0.507 e. The highest BCUT2D eigenvalue weighted by molar-refractivity contribution is 6.31. The molecule has 0 aliphatic rings. The third-order valence-corrected chi connectivity index (χ3v) is 20.3. The number of aromatic nitrogens is 18. The number of fused-ring (bicyclic) bond motifs is 5. The summed E-state index contributed by atoms with van der Waals surface area (Å²) in [7, 11) is 0. The molecule has 0 atom stereocenters. The van der Waals surface area contributed by atoms with Gasteiger partial charge in [0.05, 0.1) is 11.1 Å². The summed E-state index contributed by atoms with van der Waals surface area (Å²) in [6.45, 7) is 27.1. The Morgan fingerprint density at radius 3 is 0.641 bits per heavy atom. The highest BCUT2D eigenvalue weighted by Gasteiger charge is 2.21. The summed E-state index contributed by atoms with van der Waals surface area (Å²) in [6.07, 6.45) is 0. The van der Waals surface area contributed by atoms with Gasteiger partial charge in [0, 0.05) is 15.6 Å². The van der Waals surface area contributed by atoms with Crippen molar-refractivity contribution in [2.75, 3.05) is 0 Å². The molecule has 660 valence electrons. The van der Waals surface area contributed by atoms with Crippen molar-refractivity contribution >= 4 is 78.4 Å². The quantitative estimate of drug-likeness (QED) is 0.0743. The molecule has 25 nitrogen and oxygen atoms in total. The summed E-state index contributed by atoms with van der Waals surface area (Å²) in [5.74, 6) is 2.46. The molecule has 0 bridgehead atoms. The van der Waals surface area contributed by atoms with E-state index in [4.69, 9.17) is 23.2 Å². The first-order valence-corrected chi connectivity index (χ1v) is 39.6. The van der Waals surface area contributed by atoms with Crippen molar-refractivity contribution in [3.63, 3.8) is 0 Å². The number of halogens is 2. The molecule has 0 radical (unpaired) electrons. The zero-order valence-corrected chi connectivity index (χ0v) is 70.8. The van der Waals surface area contributed by atoms with Gasteiger partial charge >= 0.3 is 0 Å². The fourth-order valence-electron chi connectivity index (χ4n) is 13.8. The van der Waals surface area contributed by atoms with Gasteiger partial charge in [-0.2, -0.15) is 0 Å². The molecule has 6 heterocycles. The molecule has 0 aliphatic carbocycles. The maximum absolute atomic E-state index is 10.5. The second-order valence-corrected chi connectivity index (χ2v) is 31.0. The van der Waals surface area contributed by atoms with Crippen LogP contribution in [-0.2, 0) is 0 Å². The molecule has 6 aromatic heterocycles. The van der Waals surface area contributed by atoms with Gasteiger partial charge in [-0.15, -0.1) is 75.0 Å². The molecule has 7 N–H and O–H groups in total. The highest BCUT2D eigenvalue weighted by Crippen LogP contribution is 2.37. The van der Waals surface area contributed by atoms with Crippen LogP contribution in [0.4, 0.5) is 0 Å². The first-order valence-electron chi connectivity index (χ1n) is 38.8. The minimum atomic E-state index is 0. The molecule has 27 heteroatoms. The van der Waals surface area contributed by atoms with Crippen molar-refractivity contribution < 1.29 is 35.7 Å². The van der Waals surface area contributed by atoms with Gasteiger partial charge in [-0.3, -0.25) is 0 Å². The van der Waals surface area contributed by atoms with Gasteiger partial charge in [0.25, 0.3) is 0 Å². The predicted octanol–water partition coefficient (Wildman–Crippen LogP) is 24.4. The molecule has 0 spiro atoms. The SMILES string of the molecule is C.C.C.C.C.C.Cc1cc(C)c(O)c(-n2nc3ccc(Cl)cc3n2)c1.Cc1cc(C)c(O)c(-n2nc3ccc(Cl)cc3n2)c1.Cc1cc(C)c(O)c(-n2nc3ccccc3n2)c1.Cc1cc(C)c(O)c(-n2nc3ccccc3n2)c1.Cc1cc(C)c(O)c(-n2nc3ccccc3n2)c1.Cc1ccc(-c2nc(-c3ccc(C)cc3O)nc(-c3ccc(C)cc3O)n2)c(C)c1. The molecule has 0 saturated heterocycles. The lowest BCUT2D eigenvalue weighted by molar-refractivity contribution is 0.463. The van der Waals surface area contributed by atoms with Crippen molar-refractivity contribution in [3.05, 3.63) is 312 Å². The molecule has 128 heavy (non-hydrogen) atoms. The van der Waals surface area contributed by atoms with E-state index in [-0.39, 0.29) is 84.8 Å². The van der Waals surface area contributed by atoms with E-state index in [0.29, 0.717) is 78.1 Å². The van der Waals surface area contributed by atoms with E-state index >= 15 is 0 Å². The van der Waals surface area contributed by atoms with E-state index in [9.17, 15) is 35.7 Å². The number of phenolic OH excluding ortho intramolecular Hbond substituents is 7. The Kier molecular flexibility index (Phi) is 32.1. The summed E-state index contributed by atoms with van der Waals surface area (Å²) in [5, 5.41) is 116. The zero-order chi connectivity index (χ0) is 86.6. The highest BCUT2D eigenvalue weighted by atomic mass is 35.5. The summed E-state index contributed by atoms with van der Waals surface area (Å²) in [4.78, 5) is 21.3. The van der Waals surface area contributed by atoms with Gasteiger partial charge in [-0.25, -0.2) is 15.0 Å². The first-order chi connectivity index (χ1) is 58.3. The molecule has 0 unspecified atom stereocenters. The third-order valence-electron chi connectivity index (χ3n) is 19.8. The Morgan fingerprint density at radius 1 is 0.203 bits per heavy atom. The van der Waals surface area contributed by atoms with Crippen LogP contribution in [0.1, 0.15) is 122 Å². The average Bonchev–Trinajstić information content (AvgIpc) is 1.82. The normalized spacial score (nSPS) is 10.5. The van der Waals surface area contributed by atoms with Gasteiger partial charge in [0.2, 0.25) is 0 Å². The smallest absolute Gasteiger partial charge is 0.167 e. The van der Waals surface area contributed by atoms with E-state index in [2.05, 4.69) is 72.0 Å². The zero-order valence-electron chi connectivity index (χ0n) is 69.3. The van der Waals surface area contributed by atoms with E-state index in [1.807, 2.05) is 255 Å². The van der Waals surface area contributed by atoms with E-state index in [0.717, 1.165) is 128 Å². The van der Waals surface area contributed by atoms with Crippen LogP contribution in [0, 0.1) is 96.9 Å². The van der Waals surface area contributed by atoms with Crippen LogP contribution in [-0.4, -0.2) is 126 Å². The number of phenols is 7. The fraction of sp³-hybridized carbons (Fsp3) is 0.198. The number of rotatable bonds is 8. The number of hydrogen-bond donors (Lipinski definition) is 7. The van der Waals surface area contributed by atoms with Crippen molar-refractivity contribution in [2.24, 2.45) is 0 Å². The monoisotopic (exact) mass is 1760 g/mol. The van der Waals surface area contributed by atoms with Crippen LogP contribution in [0.5, 0.6) is 40.2 Å². The standard InChI is InChI=1S/C25H23N3O2.2C14H12ClN3O.3C14H13N3O.6CH4/c1-14-5-8-18(17(4)11-14)23-26-24(19-9-6-15(2)12-21(19)29)28-25(27-23)20-10-7-16(3)13-22(20)30;2*1-8-5-9(2)14(19)13(6-8)18-16-11-4-3-10(15)7-12(11)17-18;3*1-9-7-10(2)14(18)13(8-9)17-15-11-5-3-4-6-12(11)16-17;;;;;;/h5-13,29-30H,1-4H3;2*3-7,19H,1-2H3;3*3-8,18H,1-2H3;6*1H4. The molecule has 19 rings (SSSR count). The molecular formula is C101H110Cl2N18O7. The molecule has 0 aliphatic heterocycles. The minimum absolute atomic E-state index is 0. The Hall–Kier alpha value is -15.0. The van der Waals surface area contributed by atoms with Crippen LogP contribution in [0.3, 0.4) is 0 Å². The van der Waals surface area contributed by atoms with Crippen molar-refractivity contribution in [1.82, 2.24) is 89.9 Å². The van der Waals surface area contributed by atoms with Crippen LogP contribution >= 0.6 is 23.2 Å². The average molecular weight is 1760 g/mol. The number of nitrogens with zero attached hydrogens (tertiary/aromatic N) is 18. The van der Waals surface area contributed by atoms with Gasteiger partial charge < -0.3 is 35.7 Å². The number of aryl methyl sites for hydroxylation is 14. The molecule has 0 fully saturated rings. The lowest BCUT2D eigenvalue weighted by atomic mass is 10.0. The Morgan fingerprint density at radius 2 is 0.406 bits per heavy atom. The van der Waals surface area contributed by atoms with Crippen molar-refractivity contribution in [2.45, 2.75) is 141 Å². The van der Waals surface area contributed by atoms with Crippen LogP contribution < -0.4 is 0 Å².